The third-order valence-corrected chi connectivity index (χ3v) is 5.38. The van der Waals surface area contributed by atoms with Crippen molar-refractivity contribution in [2.24, 2.45) is 20.5 Å². The maximum atomic E-state index is 11.0. The van der Waals surface area contributed by atoms with Crippen LogP contribution in [0.5, 0.6) is 0 Å². The summed E-state index contributed by atoms with van der Waals surface area (Å²) in [6, 6.07) is 15.2. The van der Waals surface area contributed by atoms with Crippen LogP contribution in [0.15, 0.2) is 75.1 Å². The molecule has 0 fully saturated rings. The second-order valence-electron chi connectivity index (χ2n) is 6.39. The third-order valence-electron chi connectivity index (χ3n) is 4.42. The van der Waals surface area contributed by atoms with Crippen molar-refractivity contribution in [2.75, 3.05) is 18.0 Å². The van der Waals surface area contributed by atoms with E-state index in [-0.39, 0.29) is 10.0 Å². The van der Waals surface area contributed by atoms with Crippen LogP contribution in [0.3, 0.4) is 0 Å². The van der Waals surface area contributed by atoms with Gasteiger partial charge >= 0.3 is 10.7 Å². The van der Waals surface area contributed by atoms with Crippen molar-refractivity contribution in [2.45, 2.75) is 13.8 Å². The molecule has 2 aromatic carbocycles. The zero-order valence-corrected chi connectivity index (χ0v) is 18.1. The van der Waals surface area contributed by atoms with Crippen LogP contribution in [0.4, 0.5) is 38.4 Å². The minimum absolute atomic E-state index is 0.140. The Hall–Kier alpha value is -4.06. The molecule has 0 aliphatic carbocycles. The molecule has 1 heterocycles. The van der Waals surface area contributed by atoms with Gasteiger partial charge < -0.3 is 4.90 Å². The molecule has 3 rings (SSSR count). The lowest BCUT2D eigenvalue weighted by Crippen LogP contribution is -2.21. The Morgan fingerprint density at radius 1 is 0.781 bits per heavy atom. The van der Waals surface area contributed by atoms with E-state index in [0.717, 1.165) is 30.5 Å². The molecule has 0 radical (unpaired) electrons. The monoisotopic (exact) mass is 453 g/mol. The molecule has 0 unspecified atom stereocenters. The molecule has 0 amide bonds. The SMILES string of the molecule is CCN(CC)c1ccc(N=Nc2ccc(N=Nc3sc([N+](=O)[O-])cc3[N+](=O)[O-])cc2)cc1. The predicted octanol–water partition coefficient (Wildman–Crippen LogP) is 7.24. The number of hydrogen-bond acceptors (Lipinski definition) is 10. The highest BCUT2D eigenvalue weighted by Gasteiger charge is 2.25. The van der Waals surface area contributed by atoms with Gasteiger partial charge in [-0.25, -0.2) is 0 Å². The van der Waals surface area contributed by atoms with E-state index in [4.69, 9.17) is 0 Å². The minimum atomic E-state index is -0.726. The summed E-state index contributed by atoms with van der Waals surface area (Å²) in [5.74, 6) is 0. The van der Waals surface area contributed by atoms with Crippen LogP contribution in [0, 0.1) is 20.2 Å². The second kappa shape index (κ2) is 10.3. The van der Waals surface area contributed by atoms with Gasteiger partial charge in [0.25, 0.3) is 0 Å². The number of benzene rings is 2. The van der Waals surface area contributed by atoms with Crippen molar-refractivity contribution < 1.29 is 9.85 Å². The van der Waals surface area contributed by atoms with Crippen molar-refractivity contribution in [3.8, 4) is 0 Å². The van der Waals surface area contributed by atoms with Crippen molar-refractivity contribution in [1.82, 2.24) is 0 Å². The summed E-state index contributed by atoms with van der Waals surface area (Å²) in [7, 11) is 0. The Kier molecular flexibility index (Phi) is 7.29. The smallest absolute Gasteiger partial charge is 0.333 e. The zero-order chi connectivity index (χ0) is 23.1. The molecule has 0 atom stereocenters. The summed E-state index contributed by atoms with van der Waals surface area (Å²) in [5.41, 5.74) is 2.39. The Morgan fingerprint density at radius 3 is 1.69 bits per heavy atom. The molecule has 0 aliphatic heterocycles. The molecular formula is C20H19N7O4S. The third kappa shape index (κ3) is 5.55. The quantitative estimate of drug-likeness (QED) is 0.191. The molecule has 1 aromatic heterocycles. The molecule has 32 heavy (non-hydrogen) atoms. The van der Waals surface area contributed by atoms with Gasteiger partial charge in [-0.15, -0.1) is 10.2 Å². The van der Waals surface area contributed by atoms with Crippen molar-refractivity contribution in [1.29, 1.82) is 0 Å². The molecule has 0 bridgehead atoms. The summed E-state index contributed by atoms with van der Waals surface area (Å²) < 4.78 is 0. The zero-order valence-electron chi connectivity index (χ0n) is 17.3. The molecule has 0 saturated heterocycles. The lowest BCUT2D eigenvalue weighted by atomic mass is 10.2. The van der Waals surface area contributed by atoms with Crippen LogP contribution >= 0.6 is 11.3 Å². The topological polar surface area (TPSA) is 139 Å². The largest absolute Gasteiger partial charge is 0.372 e. The lowest BCUT2D eigenvalue weighted by molar-refractivity contribution is -0.389. The summed E-state index contributed by atoms with van der Waals surface area (Å²) in [6.45, 7) is 6.06. The fourth-order valence-electron chi connectivity index (χ4n) is 2.78. The number of nitrogens with zero attached hydrogens (tertiary/aromatic N) is 7. The number of thiophene rings is 1. The number of rotatable bonds is 9. The average molecular weight is 453 g/mol. The van der Waals surface area contributed by atoms with Crippen molar-refractivity contribution in [3.05, 3.63) is 74.8 Å². The normalized spacial score (nSPS) is 11.3. The van der Waals surface area contributed by atoms with E-state index in [0.29, 0.717) is 22.7 Å². The molecular weight excluding hydrogens is 434 g/mol. The van der Waals surface area contributed by atoms with Gasteiger partial charge in [-0.2, -0.15) is 10.2 Å². The lowest BCUT2D eigenvalue weighted by Gasteiger charge is -2.20. The molecule has 11 nitrogen and oxygen atoms in total. The first-order valence-corrected chi connectivity index (χ1v) is 10.4. The molecule has 0 spiro atoms. The van der Waals surface area contributed by atoms with Crippen LogP contribution < -0.4 is 4.90 Å². The van der Waals surface area contributed by atoms with E-state index in [9.17, 15) is 20.2 Å². The predicted molar refractivity (Wildman–Crippen MR) is 122 cm³/mol. The Morgan fingerprint density at radius 2 is 1.25 bits per heavy atom. The molecule has 0 saturated carbocycles. The first-order chi connectivity index (χ1) is 15.4. The van der Waals surface area contributed by atoms with Crippen LogP contribution in [0.1, 0.15) is 13.8 Å². The first-order valence-electron chi connectivity index (χ1n) is 9.62. The minimum Gasteiger partial charge on any atom is -0.372 e. The van der Waals surface area contributed by atoms with E-state index in [1.54, 1.807) is 24.3 Å². The van der Waals surface area contributed by atoms with Gasteiger partial charge in [0.1, 0.15) is 6.07 Å². The van der Waals surface area contributed by atoms with Gasteiger partial charge in [0, 0.05) is 18.8 Å². The summed E-state index contributed by atoms with van der Waals surface area (Å²) in [4.78, 5) is 22.7. The summed E-state index contributed by atoms with van der Waals surface area (Å²) in [6.07, 6.45) is 0. The average Bonchev–Trinajstić information content (AvgIpc) is 3.24. The molecule has 3 aromatic rings. The van der Waals surface area contributed by atoms with E-state index in [1.807, 2.05) is 24.3 Å². The molecule has 164 valence electrons. The highest BCUT2D eigenvalue weighted by Crippen LogP contribution is 2.42. The van der Waals surface area contributed by atoms with Crippen LogP contribution in [-0.2, 0) is 0 Å². The summed E-state index contributed by atoms with van der Waals surface area (Å²) in [5, 5.41) is 37.5. The van der Waals surface area contributed by atoms with E-state index >= 15 is 0 Å². The first kappa shape index (κ1) is 22.6. The second-order valence-corrected chi connectivity index (χ2v) is 7.40. The van der Waals surface area contributed by atoms with Gasteiger partial charge in [-0.05, 0) is 73.7 Å². The van der Waals surface area contributed by atoms with Gasteiger partial charge in [-0.3, -0.25) is 20.2 Å². The van der Waals surface area contributed by atoms with Crippen molar-refractivity contribution >= 4 is 49.8 Å². The van der Waals surface area contributed by atoms with Gasteiger partial charge in [0.15, 0.2) is 0 Å². The fraction of sp³-hybridized carbons (Fsp3) is 0.200. The molecule has 0 N–H and O–H groups in total. The maximum absolute atomic E-state index is 11.0. The fourth-order valence-corrected chi connectivity index (χ4v) is 3.54. The Labute approximate surface area is 187 Å². The number of azo groups is 2. The highest BCUT2D eigenvalue weighted by atomic mass is 32.1. The van der Waals surface area contributed by atoms with Gasteiger partial charge in [0.05, 0.1) is 26.9 Å². The van der Waals surface area contributed by atoms with Crippen molar-refractivity contribution in [3.63, 3.8) is 0 Å². The summed E-state index contributed by atoms with van der Waals surface area (Å²) >= 11 is 0.592. The Bertz CT molecular complexity index is 1150. The number of anilines is 1. The number of hydrogen-bond donors (Lipinski definition) is 0. The highest BCUT2D eigenvalue weighted by molar-refractivity contribution is 7.19. The van der Waals surface area contributed by atoms with Gasteiger partial charge in [-0.1, -0.05) is 0 Å². The van der Waals surface area contributed by atoms with Gasteiger partial charge in [0.2, 0.25) is 5.00 Å². The molecule has 12 heteroatoms. The number of nitro groups is 2. The molecule has 0 aliphatic rings. The van der Waals surface area contributed by atoms with Crippen LogP contribution in [-0.4, -0.2) is 22.9 Å². The van der Waals surface area contributed by atoms with E-state index in [1.165, 1.54) is 0 Å². The Balaban J connectivity index is 1.69. The van der Waals surface area contributed by atoms with E-state index in [2.05, 4.69) is 39.2 Å². The van der Waals surface area contributed by atoms with E-state index < -0.39 is 15.5 Å². The van der Waals surface area contributed by atoms with Crippen LogP contribution in [0.2, 0.25) is 0 Å². The standard InChI is InChI=1S/C20H19N7O4S/c1-3-25(4-2)17-11-9-16(10-12-17)22-21-14-5-7-15(8-6-14)23-24-20-18(26(28)29)13-19(32-20)27(30)31/h5-13H,3-4H2,1-2H3. The maximum Gasteiger partial charge on any atom is 0.333 e. The van der Waals surface area contributed by atoms with Crippen LogP contribution in [0.25, 0.3) is 0 Å².